The molecule has 1 N–H and O–H groups in total. The number of thioether (sulfide) groups is 1. The van der Waals surface area contributed by atoms with E-state index in [0.717, 1.165) is 17.6 Å². The van der Waals surface area contributed by atoms with E-state index in [4.69, 9.17) is 11.6 Å². The third-order valence-corrected chi connectivity index (χ3v) is 4.18. The van der Waals surface area contributed by atoms with Crippen molar-refractivity contribution in [1.29, 1.82) is 0 Å². The molecule has 0 unspecified atom stereocenters. The lowest BCUT2D eigenvalue weighted by Crippen LogP contribution is -2.16. The molecule has 0 amide bonds. The Morgan fingerprint density at radius 3 is 2.81 bits per heavy atom. The Kier molecular flexibility index (Phi) is 4.17. The van der Waals surface area contributed by atoms with E-state index in [1.807, 2.05) is 23.9 Å². The lowest BCUT2D eigenvalue weighted by molar-refractivity contribution is 0.680. The van der Waals surface area contributed by atoms with Gasteiger partial charge in [0.1, 0.15) is 0 Å². The van der Waals surface area contributed by atoms with Crippen molar-refractivity contribution in [3.63, 3.8) is 0 Å². The van der Waals surface area contributed by atoms with Gasteiger partial charge in [0.2, 0.25) is 0 Å². The second kappa shape index (κ2) is 5.44. The highest BCUT2D eigenvalue weighted by atomic mass is 35.5. The van der Waals surface area contributed by atoms with Crippen LogP contribution in [0, 0.1) is 0 Å². The zero-order valence-electron chi connectivity index (χ0n) is 9.79. The summed E-state index contributed by atoms with van der Waals surface area (Å²) in [5, 5.41) is 4.99. The van der Waals surface area contributed by atoms with Gasteiger partial charge in [-0.05, 0) is 24.5 Å². The van der Waals surface area contributed by atoms with E-state index in [9.17, 15) is 0 Å². The van der Waals surface area contributed by atoms with Gasteiger partial charge in [0.05, 0.1) is 5.02 Å². The molecule has 16 heavy (non-hydrogen) atoms. The maximum atomic E-state index is 6.26. The minimum Gasteiger partial charge on any atom is -0.310 e. The summed E-state index contributed by atoms with van der Waals surface area (Å²) >= 11 is 8.11. The molecule has 88 valence electrons. The highest BCUT2D eigenvalue weighted by molar-refractivity contribution is 8.00. The molecule has 1 aliphatic carbocycles. The van der Waals surface area contributed by atoms with E-state index in [1.165, 1.54) is 23.3 Å². The predicted molar refractivity (Wildman–Crippen MR) is 72.3 cm³/mol. The molecule has 0 aromatic heterocycles. The van der Waals surface area contributed by atoms with Crippen molar-refractivity contribution in [2.45, 2.75) is 49.4 Å². The highest BCUT2D eigenvalue weighted by Gasteiger charge is 2.20. The zero-order valence-corrected chi connectivity index (χ0v) is 11.4. The molecule has 1 aromatic carbocycles. The predicted octanol–water partition coefficient (Wildman–Crippen LogP) is 4.09. The molecule has 1 saturated carbocycles. The van der Waals surface area contributed by atoms with Crippen molar-refractivity contribution in [2.75, 3.05) is 0 Å². The summed E-state index contributed by atoms with van der Waals surface area (Å²) in [6, 6.07) is 6.94. The molecule has 0 radical (unpaired) electrons. The van der Waals surface area contributed by atoms with Gasteiger partial charge in [0.15, 0.2) is 0 Å². The molecule has 0 saturated heterocycles. The Balaban J connectivity index is 2.10. The quantitative estimate of drug-likeness (QED) is 0.796. The summed E-state index contributed by atoms with van der Waals surface area (Å²) < 4.78 is 0. The molecule has 0 atom stereocenters. The Bertz CT molecular complexity index is 361. The van der Waals surface area contributed by atoms with Gasteiger partial charge in [-0.15, -0.1) is 11.8 Å². The summed E-state index contributed by atoms with van der Waals surface area (Å²) in [6.07, 6.45) is 2.65. The molecule has 1 fully saturated rings. The molecule has 2 rings (SSSR count). The Hall–Kier alpha value is -0.180. The van der Waals surface area contributed by atoms with Gasteiger partial charge < -0.3 is 5.32 Å². The standard InChI is InChI=1S/C13H18ClNS/c1-9(2)16-13-10(4-3-5-12(13)14)8-15-11-6-7-11/h3-5,9,11,15H,6-8H2,1-2H3. The molecule has 0 heterocycles. The number of benzene rings is 1. The van der Waals surface area contributed by atoms with Crippen LogP contribution in [-0.2, 0) is 6.54 Å². The first kappa shape index (κ1) is 12.3. The van der Waals surface area contributed by atoms with Gasteiger partial charge in [-0.3, -0.25) is 0 Å². The molecule has 1 aliphatic rings. The van der Waals surface area contributed by atoms with E-state index in [0.29, 0.717) is 5.25 Å². The molecule has 3 heteroatoms. The van der Waals surface area contributed by atoms with Crippen LogP contribution < -0.4 is 5.32 Å². The molecule has 0 bridgehead atoms. The average Bonchev–Trinajstić information content (AvgIpc) is 3.02. The first-order chi connectivity index (χ1) is 7.66. The molecular weight excluding hydrogens is 238 g/mol. The second-order valence-electron chi connectivity index (χ2n) is 4.55. The van der Waals surface area contributed by atoms with E-state index < -0.39 is 0 Å². The molecular formula is C13H18ClNS. The lowest BCUT2D eigenvalue weighted by atomic mass is 10.2. The third kappa shape index (κ3) is 3.41. The Labute approximate surface area is 107 Å². The zero-order chi connectivity index (χ0) is 11.5. The monoisotopic (exact) mass is 255 g/mol. The van der Waals surface area contributed by atoms with Crippen LogP contribution in [0.4, 0.5) is 0 Å². The van der Waals surface area contributed by atoms with Gasteiger partial charge in [-0.25, -0.2) is 0 Å². The number of rotatable bonds is 5. The summed E-state index contributed by atoms with van der Waals surface area (Å²) in [6.45, 7) is 5.35. The maximum Gasteiger partial charge on any atom is 0.0545 e. The topological polar surface area (TPSA) is 12.0 Å². The summed E-state index contributed by atoms with van der Waals surface area (Å²) in [5.74, 6) is 0. The van der Waals surface area contributed by atoms with Crippen LogP contribution >= 0.6 is 23.4 Å². The van der Waals surface area contributed by atoms with Crippen molar-refractivity contribution in [1.82, 2.24) is 5.32 Å². The fraction of sp³-hybridized carbons (Fsp3) is 0.538. The minimum absolute atomic E-state index is 0.569. The number of hydrogen-bond acceptors (Lipinski definition) is 2. The van der Waals surface area contributed by atoms with E-state index >= 15 is 0 Å². The summed E-state index contributed by atoms with van der Waals surface area (Å²) in [4.78, 5) is 1.24. The minimum atomic E-state index is 0.569. The van der Waals surface area contributed by atoms with Crippen LogP contribution in [0.3, 0.4) is 0 Å². The fourth-order valence-electron chi connectivity index (χ4n) is 1.60. The maximum absolute atomic E-state index is 6.26. The van der Waals surface area contributed by atoms with Crippen molar-refractivity contribution in [3.05, 3.63) is 28.8 Å². The van der Waals surface area contributed by atoms with Crippen LogP contribution in [0.1, 0.15) is 32.3 Å². The Morgan fingerprint density at radius 2 is 2.19 bits per heavy atom. The first-order valence-electron chi connectivity index (χ1n) is 5.84. The van der Waals surface area contributed by atoms with Crippen molar-refractivity contribution in [2.24, 2.45) is 0 Å². The van der Waals surface area contributed by atoms with Gasteiger partial charge in [-0.1, -0.05) is 37.6 Å². The number of hydrogen-bond donors (Lipinski definition) is 1. The SMILES string of the molecule is CC(C)Sc1c(Cl)cccc1CNC1CC1. The van der Waals surface area contributed by atoms with Crippen LogP contribution in [0.5, 0.6) is 0 Å². The summed E-state index contributed by atoms with van der Waals surface area (Å²) in [7, 11) is 0. The fourth-order valence-corrected chi connectivity index (χ4v) is 2.87. The highest BCUT2D eigenvalue weighted by Crippen LogP contribution is 2.33. The normalized spacial score (nSPS) is 15.8. The van der Waals surface area contributed by atoms with E-state index in [2.05, 4.69) is 25.2 Å². The smallest absolute Gasteiger partial charge is 0.0545 e. The van der Waals surface area contributed by atoms with Crippen molar-refractivity contribution >= 4 is 23.4 Å². The average molecular weight is 256 g/mol. The Morgan fingerprint density at radius 1 is 1.44 bits per heavy atom. The van der Waals surface area contributed by atoms with Crippen LogP contribution in [-0.4, -0.2) is 11.3 Å². The van der Waals surface area contributed by atoms with Crippen LogP contribution in [0.15, 0.2) is 23.1 Å². The lowest BCUT2D eigenvalue weighted by Gasteiger charge is -2.13. The van der Waals surface area contributed by atoms with Crippen molar-refractivity contribution in [3.8, 4) is 0 Å². The first-order valence-corrected chi connectivity index (χ1v) is 7.10. The van der Waals surface area contributed by atoms with Gasteiger partial charge in [0, 0.05) is 22.7 Å². The second-order valence-corrected chi connectivity index (χ2v) is 6.54. The van der Waals surface area contributed by atoms with Crippen molar-refractivity contribution < 1.29 is 0 Å². The van der Waals surface area contributed by atoms with Crippen LogP contribution in [0.25, 0.3) is 0 Å². The number of nitrogens with one attached hydrogen (secondary N) is 1. The molecule has 1 aromatic rings. The van der Waals surface area contributed by atoms with E-state index in [1.54, 1.807) is 0 Å². The summed E-state index contributed by atoms with van der Waals surface area (Å²) in [5.41, 5.74) is 1.33. The molecule has 0 spiro atoms. The van der Waals surface area contributed by atoms with Gasteiger partial charge >= 0.3 is 0 Å². The van der Waals surface area contributed by atoms with E-state index in [-0.39, 0.29) is 0 Å². The number of halogens is 1. The molecule has 1 nitrogen and oxygen atoms in total. The van der Waals surface area contributed by atoms with Gasteiger partial charge in [0.25, 0.3) is 0 Å². The van der Waals surface area contributed by atoms with Gasteiger partial charge in [-0.2, -0.15) is 0 Å². The van der Waals surface area contributed by atoms with Crippen LogP contribution in [0.2, 0.25) is 5.02 Å². The molecule has 0 aliphatic heterocycles. The largest absolute Gasteiger partial charge is 0.310 e. The third-order valence-electron chi connectivity index (χ3n) is 2.56.